The van der Waals surface area contributed by atoms with Crippen LogP contribution in [-0.2, 0) is 4.74 Å². The molecule has 1 unspecified atom stereocenters. The van der Waals surface area contributed by atoms with E-state index in [4.69, 9.17) is 26.4 Å². The summed E-state index contributed by atoms with van der Waals surface area (Å²) in [7, 11) is 0. The third kappa shape index (κ3) is 1.58. The Labute approximate surface area is 69.7 Å². The van der Waals surface area contributed by atoms with E-state index in [9.17, 15) is 5.11 Å². The van der Waals surface area contributed by atoms with Gasteiger partial charge < -0.3 is 31.5 Å². The van der Waals surface area contributed by atoms with E-state index in [0.717, 1.165) is 0 Å². The van der Waals surface area contributed by atoms with Crippen molar-refractivity contribution in [2.75, 3.05) is 6.54 Å². The van der Waals surface area contributed by atoms with E-state index in [1.54, 1.807) is 0 Å². The van der Waals surface area contributed by atoms with Gasteiger partial charge in [-0.15, -0.1) is 0 Å². The number of aliphatic hydroxyl groups excluding tert-OH is 3. The molecule has 1 fully saturated rings. The van der Waals surface area contributed by atoms with Crippen molar-refractivity contribution >= 4 is 0 Å². The second-order valence-electron chi connectivity index (χ2n) is 2.86. The highest BCUT2D eigenvalue weighted by atomic mass is 16.6. The van der Waals surface area contributed by atoms with Gasteiger partial charge in [0.25, 0.3) is 0 Å². The van der Waals surface area contributed by atoms with Crippen LogP contribution in [0, 0.1) is 0 Å². The van der Waals surface area contributed by atoms with Gasteiger partial charge in [-0.1, -0.05) is 0 Å². The Kier molecular flexibility index (Phi) is 2.99. The van der Waals surface area contributed by atoms with Gasteiger partial charge in [-0.3, -0.25) is 0 Å². The smallest absolute Gasteiger partial charge is 0.182 e. The van der Waals surface area contributed by atoms with Crippen molar-refractivity contribution in [3.05, 3.63) is 0 Å². The highest BCUT2D eigenvalue weighted by Crippen LogP contribution is 2.17. The Morgan fingerprint density at radius 2 is 1.75 bits per heavy atom. The quantitative estimate of drug-likeness (QED) is 0.287. The lowest BCUT2D eigenvalue weighted by Crippen LogP contribution is -2.62. The van der Waals surface area contributed by atoms with Crippen molar-refractivity contribution in [2.24, 2.45) is 11.5 Å². The highest BCUT2D eigenvalue weighted by molar-refractivity contribution is 4.91. The molecule has 0 aromatic carbocycles. The summed E-state index contributed by atoms with van der Waals surface area (Å²) in [5, 5.41) is 27.5. The third-order valence-corrected chi connectivity index (χ3v) is 2.01. The number of hydrogen-bond acceptors (Lipinski definition) is 6. The molecule has 0 radical (unpaired) electrons. The molecule has 7 N–H and O–H groups in total. The summed E-state index contributed by atoms with van der Waals surface area (Å²) in [4.78, 5) is 0. The lowest BCUT2D eigenvalue weighted by molar-refractivity contribution is -0.249. The van der Waals surface area contributed by atoms with Crippen molar-refractivity contribution < 1.29 is 20.1 Å². The first-order valence-electron chi connectivity index (χ1n) is 3.73. The predicted octanol–water partition coefficient (Wildman–Crippen LogP) is -3.29. The SMILES string of the molecule is NC[C@H]1OC(O)[C@H](O)[C@@H](N)[C@@H]1O. The van der Waals surface area contributed by atoms with Crippen LogP contribution in [0.5, 0.6) is 0 Å². The van der Waals surface area contributed by atoms with E-state index in [2.05, 4.69) is 0 Å². The molecule has 1 aliphatic rings. The monoisotopic (exact) mass is 178 g/mol. The maximum Gasteiger partial charge on any atom is 0.182 e. The first-order chi connectivity index (χ1) is 5.57. The molecule has 1 rings (SSSR count). The van der Waals surface area contributed by atoms with Gasteiger partial charge in [0.05, 0.1) is 12.1 Å². The van der Waals surface area contributed by atoms with Crippen LogP contribution in [0.4, 0.5) is 0 Å². The van der Waals surface area contributed by atoms with Gasteiger partial charge in [0.15, 0.2) is 6.29 Å². The van der Waals surface area contributed by atoms with Gasteiger partial charge in [-0.2, -0.15) is 0 Å². The molecule has 0 aromatic rings. The fourth-order valence-electron chi connectivity index (χ4n) is 1.18. The van der Waals surface area contributed by atoms with Crippen molar-refractivity contribution in [1.82, 2.24) is 0 Å². The van der Waals surface area contributed by atoms with Crippen LogP contribution >= 0.6 is 0 Å². The van der Waals surface area contributed by atoms with E-state index in [0.29, 0.717) is 0 Å². The van der Waals surface area contributed by atoms with Crippen LogP contribution in [0.15, 0.2) is 0 Å². The van der Waals surface area contributed by atoms with Crippen molar-refractivity contribution in [1.29, 1.82) is 0 Å². The maximum atomic E-state index is 9.32. The van der Waals surface area contributed by atoms with E-state index in [1.807, 2.05) is 0 Å². The molecule has 0 bridgehead atoms. The van der Waals surface area contributed by atoms with Crippen molar-refractivity contribution in [3.63, 3.8) is 0 Å². The number of nitrogens with two attached hydrogens (primary N) is 2. The molecule has 6 nitrogen and oxygen atoms in total. The first-order valence-corrected chi connectivity index (χ1v) is 3.73. The minimum absolute atomic E-state index is 0.0542. The number of hydrogen-bond donors (Lipinski definition) is 5. The number of aliphatic hydroxyl groups is 3. The molecule has 0 spiro atoms. The van der Waals surface area contributed by atoms with Crippen LogP contribution in [0.1, 0.15) is 0 Å². The van der Waals surface area contributed by atoms with Crippen molar-refractivity contribution in [3.8, 4) is 0 Å². The molecule has 12 heavy (non-hydrogen) atoms. The Hall–Kier alpha value is -0.240. The lowest BCUT2D eigenvalue weighted by atomic mass is 9.97. The molecular weight excluding hydrogens is 164 g/mol. The number of ether oxygens (including phenoxy) is 1. The summed E-state index contributed by atoms with van der Waals surface area (Å²) in [5.74, 6) is 0. The summed E-state index contributed by atoms with van der Waals surface area (Å²) in [6.45, 7) is 0.0542. The molecule has 0 aromatic heterocycles. The van der Waals surface area contributed by atoms with E-state index in [1.165, 1.54) is 0 Å². The lowest BCUT2D eigenvalue weighted by Gasteiger charge is -2.38. The second kappa shape index (κ2) is 3.65. The average Bonchev–Trinajstić information content (AvgIpc) is 2.08. The maximum absolute atomic E-state index is 9.32. The molecule has 0 aliphatic carbocycles. The third-order valence-electron chi connectivity index (χ3n) is 2.01. The normalized spacial score (nSPS) is 49.2. The standard InChI is InChI=1S/C6H14N2O4/c7-1-2-4(9)3(8)5(10)6(11)12-2/h2-6,9-11H,1,7-8H2/t2-,3+,4-,5-,6?/m1/s1. The van der Waals surface area contributed by atoms with Gasteiger partial charge in [-0.25, -0.2) is 0 Å². The first kappa shape index (κ1) is 9.85. The molecule has 72 valence electrons. The van der Waals surface area contributed by atoms with E-state index >= 15 is 0 Å². The average molecular weight is 178 g/mol. The van der Waals surface area contributed by atoms with Crippen LogP contribution < -0.4 is 11.5 Å². The highest BCUT2D eigenvalue weighted by Gasteiger charge is 2.40. The predicted molar refractivity (Wildman–Crippen MR) is 39.9 cm³/mol. The van der Waals surface area contributed by atoms with Crippen LogP contribution in [0.2, 0.25) is 0 Å². The fourth-order valence-corrected chi connectivity index (χ4v) is 1.18. The Morgan fingerprint density at radius 1 is 1.17 bits per heavy atom. The van der Waals surface area contributed by atoms with Gasteiger partial charge in [-0.05, 0) is 0 Å². The van der Waals surface area contributed by atoms with Crippen LogP contribution in [0.25, 0.3) is 0 Å². The van der Waals surface area contributed by atoms with E-state index < -0.39 is 30.6 Å². The van der Waals surface area contributed by atoms with Crippen LogP contribution in [0.3, 0.4) is 0 Å². The zero-order valence-electron chi connectivity index (χ0n) is 6.50. The molecule has 5 atom stereocenters. The molecule has 6 heteroatoms. The van der Waals surface area contributed by atoms with Gasteiger partial charge in [0.2, 0.25) is 0 Å². The minimum atomic E-state index is -1.36. The number of rotatable bonds is 1. The summed E-state index contributed by atoms with van der Waals surface area (Å²) in [6.07, 6.45) is -4.37. The zero-order chi connectivity index (χ0) is 9.30. The van der Waals surface area contributed by atoms with Gasteiger partial charge >= 0.3 is 0 Å². The van der Waals surface area contributed by atoms with Gasteiger partial charge in [0.1, 0.15) is 12.2 Å². The summed E-state index contributed by atoms with van der Waals surface area (Å²) in [6, 6.07) is -0.915. The molecule has 1 saturated heterocycles. The van der Waals surface area contributed by atoms with Crippen molar-refractivity contribution in [2.45, 2.75) is 30.6 Å². The minimum Gasteiger partial charge on any atom is -0.389 e. The largest absolute Gasteiger partial charge is 0.389 e. The summed E-state index contributed by atoms with van der Waals surface area (Å²) in [5.41, 5.74) is 10.6. The Morgan fingerprint density at radius 3 is 2.25 bits per heavy atom. The second-order valence-corrected chi connectivity index (χ2v) is 2.86. The molecule has 1 aliphatic heterocycles. The molecular formula is C6H14N2O4. The van der Waals surface area contributed by atoms with Crippen LogP contribution in [-0.4, -0.2) is 52.5 Å². The topological polar surface area (TPSA) is 122 Å². The molecule has 0 saturated carbocycles. The zero-order valence-corrected chi connectivity index (χ0v) is 6.50. The summed E-state index contributed by atoms with van der Waals surface area (Å²) >= 11 is 0. The Balaban J connectivity index is 2.63. The summed E-state index contributed by atoms with van der Waals surface area (Å²) < 4.78 is 4.78. The molecule has 0 amide bonds. The fraction of sp³-hybridized carbons (Fsp3) is 1.00. The van der Waals surface area contributed by atoms with E-state index in [-0.39, 0.29) is 6.54 Å². The van der Waals surface area contributed by atoms with Gasteiger partial charge in [0, 0.05) is 6.54 Å². The Bertz CT molecular complexity index is 152. The molecule has 1 heterocycles.